The molecule has 0 saturated heterocycles. The van der Waals surface area contributed by atoms with Crippen LogP contribution in [-0.4, -0.2) is 22.3 Å². The first-order valence-corrected chi connectivity index (χ1v) is 8.82. The first kappa shape index (κ1) is 17.5. The van der Waals surface area contributed by atoms with E-state index in [2.05, 4.69) is 24.3 Å². The molecule has 1 atom stereocenters. The molecule has 1 aromatic carbocycles. The fraction of sp³-hybridized carbons (Fsp3) is 0.474. The minimum absolute atomic E-state index is 0.184. The molecule has 6 heteroatoms. The predicted molar refractivity (Wildman–Crippen MR) is 93.3 cm³/mol. The summed E-state index contributed by atoms with van der Waals surface area (Å²) in [6.07, 6.45) is 4.16. The highest BCUT2D eigenvalue weighted by atomic mass is 19.1. The van der Waals surface area contributed by atoms with Crippen molar-refractivity contribution in [2.24, 2.45) is 0 Å². The number of hydrogen-bond donors (Lipinski definition) is 1. The fourth-order valence-electron chi connectivity index (χ4n) is 3.42. The maximum atomic E-state index is 13.9. The highest BCUT2D eigenvalue weighted by Crippen LogP contribution is 2.34. The van der Waals surface area contributed by atoms with Crippen LogP contribution in [0, 0.1) is 12.7 Å². The maximum absolute atomic E-state index is 13.9. The molecule has 1 unspecified atom stereocenters. The highest BCUT2D eigenvalue weighted by Gasteiger charge is 2.27. The number of hydrogen-bond acceptors (Lipinski definition) is 3. The summed E-state index contributed by atoms with van der Waals surface area (Å²) in [7, 11) is 0. The Kier molecular flexibility index (Phi) is 5.06. The minimum atomic E-state index is -0.394. The summed E-state index contributed by atoms with van der Waals surface area (Å²) in [6, 6.07) is 4.83. The van der Waals surface area contributed by atoms with Gasteiger partial charge in [0.25, 0.3) is 5.91 Å². The Balaban J connectivity index is 1.82. The molecular weight excluding hydrogens is 321 g/mol. The average Bonchev–Trinajstić information content (AvgIpc) is 2.99. The van der Waals surface area contributed by atoms with E-state index in [1.165, 1.54) is 6.07 Å². The van der Waals surface area contributed by atoms with Crippen molar-refractivity contribution >= 4 is 5.91 Å². The van der Waals surface area contributed by atoms with E-state index in [1.807, 2.05) is 11.6 Å². The van der Waals surface area contributed by atoms with Crippen molar-refractivity contribution in [1.82, 2.24) is 15.1 Å². The third kappa shape index (κ3) is 3.25. The van der Waals surface area contributed by atoms with Gasteiger partial charge >= 0.3 is 0 Å². The van der Waals surface area contributed by atoms with Crippen LogP contribution < -0.4 is 10.1 Å². The molecule has 1 aliphatic heterocycles. The summed E-state index contributed by atoms with van der Waals surface area (Å²) in [4.78, 5) is 12.7. The van der Waals surface area contributed by atoms with Gasteiger partial charge in [0.1, 0.15) is 0 Å². The van der Waals surface area contributed by atoms with Crippen LogP contribution in [0.5, 0.6) is 5.75 Å². The second-order valence-electron chi connectivity index (χ2n) is 6.38. The standard InChI is InChI=1S/C19H24FN3O2/c1-4-13(5-2)23-12(3)15(11-21-23)19(24)22-17-9-10-25-18-14(17)7-6-8-16(18)20/h6-8,11,13,17H,4-5,9-10H2,1-3H3,(H,22,24). The molecule has 3 rings (SSSR count). The Bertz CT molecular complexity index is 768. The number of amides is 1. The SMILES string of the molecule is CCC(CC)n1ncc(C(=O)NC2CCOc3c(F)cccc32)c1C. The first-order valence-electron chi connectivity index (χ1n) is 8.82. The van der Waals surface area contributed by atoms with Crippen LogP contribution in [0.15, 0.2) is 24.4 Å². The summed E-state index contributed by atoms with van der Waals surface area (Å²) in [5.41, 5.74) is 2.11. The largest absolute Gasteiger partial charge is 0.490 e. The van der Waals surface area contributed by atoms with E-state index in [9.17, 15) is 9.18 Å². The Labute approximate surface area is 147 Å². The molecule has 5 nitrogen and oxygen atoms in total. The molecule has 2 aromatic rings. The van der Waals surface area contributed by atoms with Crippen molar-refractivity contribution in [2.45, 2.75) is 52.1 Å². The molecule has 134 valence electrons. The zero-order chi connectivity index (χ0) is 18.0. The molecule has 1 aliphatic rings. The topological polar surface area (TPSA) is 56.2 Å². The van der Waals surface area contributed by atoms with E-state index in [1.54, 1.807) is 18.3 Å². The molecule has 0 aliphatic carbocycles. The maximum Gasteiger partial charge on any atom is 0.255 e. The van der Waals surface area contributed by atoms with Gasteiger partial charge in [0, 0.05) is 17.7 Å². The smallest absolute Gasteiger partial charge is 0.255 e. The molecule has 2 heterocycles. The number of benzene rings is 1. The van der Waals surface area contributed by atoms with E-state index < -0.39 is 5.82 Å². The van der Waals surface area contributed by atoms with Gasteiger partial charge in [0.2, 0.25) is 0 Å². The van der Waals surface area contributed by atoms with Crippen molar-refractivity contribution in [1.29, 1.82) is 0 Å². The monoisotopic (exact) mass is 345 g/mol. The molecular formula is C19H24FN3O2. The lowest BCUT2D eigenvalue weighted by molar-refractivity contribution is 0.0923. The van der Waals surface area contributed by atoms with Crippen molar-refractivity contribution in [3.8, 4) is 5.75 Å². The van der Waals surface area contributed by atoms with Gasteiger partial charge < -0.3 is 10.1 Å². The van der Waals surface area contributed by atoms with Gasteiger partial charge in [-0.25, -0.2) is 4.39 Å². The molecule has 1 amide bonds. The third-order valence-electron chi connectivity index (χ3n) is 4.91. The summed E-state index contributed by atoms with van der Waals surface area (Å²) >= 11 is 0. The van der Waals surface area contributed by atoms with Crippen molar-refractivity contribution in [3.63, 3.8) is 0 Å². The van der Waals surface area contributed by atoms with Gasteiger partial charge in [-0.1, -0.05) is 26.0 Å². The van der Waals surface area contributed by atoms with Gasteiger partial charge in [0.15, 0.2) is 11.6 Å². The van der Waals surface area contributed by atoms with Crippen molar-refractivity contribution in [3.05, 3.63) is 47.0 Å². The zero-order valence-corrected chi connectivity index (χ0v) is 14.9. The Hall–Kier alpha value is -2.37. The minimum Gasteiger partial charge on any atom is -0.490 e. The van der Waals surface area contributed by atoms with Crippen LogP contribution >= 0.6 is 0 Å². The lowest BCUT2D eigenvalue weighted by Gasteiger charge is -2.27. The molecule has 0 radical (unpaired) electrons. The number of aromatic nitrogens is 2. The normalized spacial score (nSPS) is 16.4. The number of ether oxygens (including phenoxy) is 1. The van der Waals surface area contributed by atoms with E-state index >= 15 is 0 Å². The van der Waals surface area contributed by atoms with E-state index in [0.717, 1.165) is 18.5 Å². The third-order valence-corrected chi connectivity index (χ3v) is 4.91. The van der Waals surface area contributed by atoms with Gasteiger partial charge in [-0.05, 0) is 25.8 Å². The first-order chi connectivity index (χ1) is 12.1. The Morgan fingerprint density at radius 3 is 2.92 bits per heavy atom. The quantitative estimate of drug-likeness (QED) is 0.893. The lowest BCUT2D eigenvalue weighted by atomic mass is 10.00. The highest BCUT2D eigenvalue weighted by molar-refractivity contribution is 5.95. The molecule has 25 heavy (non-hydrogen) atoms. The van der Waals surface area contributed by atoms with Crippen LogP contribution in [0.4, 0.5) is 4.39 Å². The number of para-hydroxylation sites is 1. The number of rotatable bonds is 5. The Morgan fingerprint density at radius 2 is 2.20 bits per heavy atom. The van der Waals surface area contributed by atoms with E-state index in [4.69, 9.17) is 4.74 Å². The molecule has 0 fully saturated rings. The number of halogens is 1. The van der Waals surface area contributed by atoms with Crippen LogP contribution in [0.25, 0.3) is 0 Å². The molecule has 0 saturated carbocycles. The van der Waals surface area contributed by atoms with E-state index in [-0.39, 0.29) is 17.7 Å². The number of fused-ring (bicyclic) bond motifs is 1. The molecule has 1 N–H and O–H groups in total. The van der Waals surface area contributed by atoms with Crippen molar-refractivity contribution in [2.75, 3.05) is 6.61 Å². The number of nitrogens with zero attached hydrogens (tertiary/aromatic N) is 2. The Morgan fingerprint density at radius 1 is 1.44 bits per heavy atom. The van der Waals surface area contributed by atoms with Gasteiger partial charge in [0.05, 0.1) is 30.5 Å². The zero-order valence-electron chi connectivity index (χ0n) is 14.9. The summed E-state index contributed by atoms with van der Waals surface area (Å²) in [5, 5.41) is 7.41. The fourth-order valence-corrected chi connectivity index (χ4v) is 3.42. The van der Waals surface area contributed by atoms with Gasteiger partial charge in [-0.3, -0.25) is 9.48 Å². The molecule has 0 bridgehead atoms. The van der Waals surface area contributed by atoms with Gasteiger partial charge in [-0.15, -0.1) is 0 Å². The number of carbonyl (C=O) groups is 1. The summed E-state index contributed by atoms with van der Waals surface area (Å²) in [5.74, 6) is -0.338. The summed E-state index contributed by atoms with van der Waals surface area (Å²) < 4.78 is 21.2. The number of nitrogens with one attached hydrogen (secondary N) is 1. The summed E-state index contributed by atoms with van der Waals surface area (Å²) in [6.45, 7) is 6.52. The predicted octanol–water partition coefficient (Wildman–Crippen LogP) is 3.95. The van der Waals surface area contributed by atoms with Gasteiger partial charge in [-0.2, -0.15) is 5.10 Å². The second kappa shape index (κ2) is 7.25. The van der Waals surface area contributed by atoms with Crippen molar-refractivity contribution < 1.29 is 13.9 Å². The average molecular weight is 345 g/mol. The van der Waals surface area contributed by atoms with Crippen LogP contribution in [0.2, 0.25) is 0 Å². The number of carbonyl (C=O) groups excluding carboxylic acids is 1. The van der Waals surface area contributed by atoms with Crippen LogP contribution in [0.3, 0.4) is 0 Å². The lowest BCUT2D eigenvalue weighted by Crippen LogP contribution is -2.32. The molecule has 0 spiro atoms. The van der Waals surface area contributed by atoms with Crippen LogP contribution in [0.1, 0.15) is 66.8 Å². The molecule has 1 aromatic heterocycles. The van der Waals surface area contributed by atoms with E-state index in [0.29, 0.717) is 30.2 Å². The second-order valence-corrected chi connectivity index (χ2v) is 6.38. The van der Waals surface area contributed by atoms with Crippen LogP contribution in [-0.2, 0) is 0 Å².